The highest BCUT2D eigenvalue weighted by molar-refractivity contribution is 5.91. The second kappa shape index (κ2) is 10.2. The largest absolute Gasteiger partial charge is 0.493 e. The fourth-order valence-corrected chi connectivity index (χ4v) is 2.35. The van der Waals surface area contributed by atoms with Gasteiger partial charge in [-0.1, -0.05) is 18.2 Å². The molecule has 1 amide bonds. The molecule has 0 aliphatic rings. The molecule has 0 bridgehead atoms. The number of carboxylic acid groups (broad SMARTS) is 1. The van der Waals surface area contributed by atoms with E-state index in [0.29, 0.717) is 37.5 Å². The lowest BCUT2D eigenvalue weighted by atomic mass is 10.1. The van der Waals surface area contributed by atoms with Gasteiger partial charge in [-0.3, -0.25) is 4.79 Å². The first-order valence-electron chi connectivity index (χ1n) is 8.42. The van der Waals surface area contributed by atoms with Crippen molar-refractivity contribution in [3.8, 4) is 5.75 Å². The van der Waals surface area contributed by atoms with Gasteiger partial charge in [0.1, 0.15) is 5.75 Å². The van der Waals surface area contributed by atoms with Gasteiger partial charge in [0.05, 0.1) is 12.2 Å². The number of hydrogen-bond acceptors (Lipinski definition) is 4. The molecule has 26 heavy (non-hydrogen) atoms. The summed E-state index contributed by atoms with van der Waals surface area (Å²) in [5, 5.41) is 11.7. The lowest BCUT2D eigenvalue weighted by Gasteiger charge is -2.09. The molecule has 2 N–H and O–H groups in total. The van der Waals surface area contributed by atoms with Crippen LogP contribution in [0.5, 0.6) is 5.75 Å². The van der Waals surface area contributed by atoms with Gasteiger partial charge in [0.15, 0.2) is 0 Å². The van der Waals surface area contributed by atoms with E-state index in [-0.39, 0.29) is 11.5 Å². The molecule has 0 unspecified atom stereocenters. The third-order valence-corrected chi connectivity index (χ3v) is 3.72. The summed E-state index contributed by atoms with van der Waals surface area (Å²) in [6.07, 6.45) is 1.65. The maximum absolute atomic E-state index is 12.1. The number of benzene rings is 2. The van der Waals surface area contributed by atoms with Gasteiger partial charge in [-0.2, -0.15) is 0 Å². The molecule has 0 aliphatic heterocycles. The molecule has 2 aromatic rings. The van der Waals surface area contributed by atoms with Gasteiger partial charge >= 0.3 is 5.97 Å². The summed E-state index contributed by atoms with van der Waals surface area (Å²) in [5.74, 6) is -0.370. The molecule has 0 heterocycles. The van der Waals surface area contributed by atoms with Crippen LogP contribution in [0.15, 0.2) is 48.5 Å². The van der Waals surface area contributed by atoms with E-state index in [1.54, 1.807) is 37.4 Å². The fraction of sp³-hybridized carbons (Fsp3) is 0.300. The summed E-state index contributed by atoms with van der Waals surface area (Å²) >= 11 is 0. The first-order chi connectivity index (χ1) is 12.6. The minimum atomic E-state index is -0.960. The fourth-order valence-electron chi connectivity index (χ4n) is 2.35. The maximum Gasteiger partial charge on any atom is 0.335 e. The van der Waals surface area contributed by atoms with Crippen molar-refractivity contribution >= 4 is 17.6 Å². The number of hydrogen-bond donors (Lipinski definition) is 2. The van der Waals surface area contributed by atoms with E-state index in [9.17, 15) is 9.59 Å². The molecule has 0 radical (unpaired) electrons. The van der Waals surface area contributed by atoms with Crippen molar-refractivity contribution in [3.63, 3.8) is 0 Å². The molecular weight excluding hydrogens is 334 g/mol. The molecule has 0 aliphatic carbocycles. The molecule has 138 valence electrons. The van der Waals surface area contributed by atoms with E-state index in [4.69, 9.17) is 14.6 Å². The number of methoxy groups -OCH3 is 1. The van der Waals surface area contributed by atoms with Crippen molar-refractivity contribution in [2.75, 3.05) is 25.6 Å². The Morgan fingerprint density at radius 1 is 1.08 bits per heavy atom. The second-order valence-corrected chi connectivity index (χ2v) is 5.77. The SMILES string of the molecule is COCCCOc1cccc(NC(=O)CCc2ccc(C(=O)O)cc2)c1. The maximum atomic E-state index is 12.1. The number of aryl methyl sites for hydroxylation is 1. The Kier molecular flexibility index (Phi) is 7.64. The van der Waals surface area contributed by atoms with Crippen LogP contribution in [0, 0.1) is 0 Å². The summed E-state index contributed by atoms with van der Waals surface area (Å²) < 4.78 is 10.6. The minimum absolute atomic E-state index is 0.108. The topological polar surface area (TPSA) is 84.9 Å². The highest BCUT2D eigenvalue weighted by Crippen LogP contribution is 2.18. The summed E-state index contributed by atoms with van der Waals surface area (Å²) in [4.78, 5) is 22.9. The van der Waals surface area contributed by atoms with Crippen LogP contribution in [-0.2, 0) is 16.0 Å². The quantitative estimate of drug-likeness (QED) is 0.637. The summed E-state index contributed by atoms with van der Waals surface area (Å²) in [6, 6.07) is 13.8. The highest BCUT2D eigenvalue weighted by Gasteiger charge is 2.06. The summed E-state index contributed by atoms with van der Waals surface area (Å²) in [7, 11) is 1.65. The molecule has 0 atom stereocenters. The van der Waals surface area contributed by atoms with Crippen molar-refractivity contribution in [2.24, 2.45) is 0 Å². The lowest BCUT2D eigenvalue weighted by Crippen LogP contribution is -2.12. The van der Waals surface area contributed by atoms with Crippen LogP contribution in [0.2, 0.25) is 0 Å². The normalized spacial score (nSPS) is 10.3. The number of carbonyl (C=O) groups is 2. The van der Waals surface area contributed by atoms with Gasteiger partial charge in [0, 0.05) is 38.3 Å². The van der Waals surface area contributed by atoms with Crippen LogP contribution in [-0.4, -0.2) is 37.3 Å². The van der Waals surface area contributed by atoms with Crippen LogP contribution in [0.4, 0.5) is 5.69 Å². The van der Waals surface area contributed by atoms with Crippen LogP contribution in [0.25, 0.3) is 0 Å². The number of nitrogens with one attached hydrogen (secondary N) is 1. The van der Waals surface area contributed by atoms with Gasteiger partial charge in [0.2, 0.25) is 5.91 Å². The molecule has 0 aromatic heterocycles. The van der Waals surface area contributed by atoms with Crippen molar-refractivity contribution in [1.29, 1.82) is 0 Å². The molecular formula is C20H23NO5. The number of rotatable bonds is 10. The van der Waals surface area contributed by atoms with Crippen molar-refractivity contribution < 1.29 is 24.2 Å². The number of anilines is 1. The Labute approximate surface area is 152 Å². The van der Waals surface area contributed by atoms with Crippen LogP contribution in [0.1, 0.15) is 28.8 Å². The number of carbonyl (C=O) groups excluding carboxylic acids is 1. The third kappa shape index (κ3) is 6.57. The zero-order chi connectivity index (χ0) is 18.8. The Hall–Kier alpha value is -2.86. The molecule has 0 spiro atoms. The van der Waals surface area contributed by atoms with E-state index in [1.807, 2.05) is 18.2 Å². The van der Waals surface area contributed by atoms with Gasteiger partial charge in [0.25, 0.3) is 0 Å². The zero-order valence-electron chi connectivity index (χ0n) is 14.7. The minimum Gasteiger partial charge on any atom is -0.493 e. The van der Waals surface area contributed by atoms with Crippen molar-refractivity contribution in [1.82, 2.24) is 0 Å². The zero-order valence-corrected chi connectivity index (χ0v) is 14.7. The molecule has 6 nitrogen and oxygen atoms in total. The Morgan fingerprint density at radius 3 is 2.54 bits per heavy atom. The number of carboxylic acids is 1. The summed E-state index contributed by atoms with van der Waals surface area (Å²) in [5.41, 5.74) is 1.83. The van der Waals surface area contributed by atoms with E-state index < -0.39 is 5.97 Å². The standard InChI is InChI=1S/C20H23NO5/c1-25-12-3-13-26-18-5-2-4-17(14-18)21-19(22)11-8-15-6-9-16(10-7-15)20(23)24/h2,4-7,9-10,14H,3,8,11-13H2,1H3,(H,21,22)(H,23,24). The van der Waals surface area contributed by atoms with E-state index in [2.05, 4.69) is 5.32 Å². The number of aromatic carboxylic acids is 1. The average Bonchev–Trinajstić information content (AvgIpc) is 2.64. The average molecular weight is 357 g/mol. The van der Waals surface area contributed by atoms with Crippen molar-refractivity contribution in [3.05, 3.63) is 59.7 Å². The lowest BCUT2D eigenvalue weighted by molar-refractivity contribution is -0.116. The predicted molar refractivity (Wildman–Crippen MR) is 98.8 cm³/mol. The smallest absolute Gasteiger partial charge is 0.335 e. The molecule has 0 saturated heterocycles. The van der Waals surface area contributed by atoms with Gasteiger partial charge < -0.3 is 19.9 Å². The van der Waals surface area contributed by atoms with Gasteiger partial charge in [-0.25, -0.2) is 4.79 Å². The van der Waals surface area contributed by atoms with Gasteiger partial charge in [-0.15, -0.1) is 0 Å². The first kappa shape index (κ1) is 19.5. The third-order valence-electron chi connectivity index (χ3n) is 3.72. The van der Waals surface area contributed by atoms with Crippen molar-refractivity contribution in [2.45, 2.75) is 19.3 Å². The molecule has 0 saturated carbocycles. The van der Waals surface area contributed by atoms with E-state index >= 15 is 0 Å². The Morgan fingerprint density at radius 2 is 1.85 bits per heavy atom. The second-order valence-electron chi connectivity index (χ2n) is 5.77. The Balaban J connectivity index is 1.80. The van der Waals surface area contributed by atoms with Crippen LogP contribution >= 0.6 is 0 Å². The predicted octanol–water partition coefficient (Wildman–Crippen LogP) is 3.37. The molecule has 0 fully saturated rings. The van der Waals surface area contributed by atoms with Gasteiger partial charge in [-0.05, 0) is 36.2 Å². The molecule has 6 heteroatoms. The van der Waals surface area contributed by atoms with Crippen LogP contribution in [0.3, 0.4) is 0 Å². The number of ether oxygens (including phenoxy) is 2. The first-order valence-corrected chi connectivity index (χ1v) is 8.42. The number of amides is 1. The monoisotopic (exact) mass is 357 g/mol. The highest BCUT2D eigenvalue weighted by atomic mass is 16.5. The summed E-state index contributed by atoms with van der Waals surface area (Å²) in [6.45, 7) is 1.20. The van der Waals surface area contributed by atoms with Crippen LogP contribution < -0.4 is 10.1 Å². The van der Waals surface area contributed by atoms with E-state index in [1.165, 1.54) is 0 Å². The molecule has 2 rings (SSSR count). The van der Waals surface area contributed by atoms with E-state index in [0.717, 1.165) is 12.0 Å². The Bertz CT molecular complexity index is 727. The molecule has 2 aromatic carbocycles.